The Morgan fingerprint density at radius 1 is 0.778 bits per heavy atom. The van der Waals surface area contributed by atoms with Gasteiger partial charge in [-0.15, -0.1) is 0 Å². The van der Waals surface area contributed by atoms with Crippen LogP contribution in [-0.2, 0) is 28.4 Å². The van der Waals surface area contributed by atoms with Crippen LogP contribution in [-0.4, -0.2) is 41.6 Å². The van der Waals surface area contributed by atoms with Gasteiger partial charge in [0, 0.05) is 0 Å². The van der Waals surface area contributed by atoms with Crippen molar-refractivity contribution in [3.63, 3.8) is 0 Å². The van der Waals surface area contributed by atoms with Crippen molar-refractivity contribution in [1.29, 1.82) is 0 Å². The zero-order valence-corrected chi connectivity index (χ0v) is 17.5. The summed E-state index contributed by atoms with van der Waals surface area (Å²) in [5.74, 6) is 0. The molecule has 0 atom stereocenters. The Morgan fingerprint density at radius 3 is 0.889 bits per heavy atom. The second kappa shape index (κ2) is 14.6. The summed E-state index contributed by atoms with van der Waals surface area (Å²) in [7, 11) is 0. The Balaban J connectivity index is -0.0000000500. The van der Waals surface area contributed by atoms with Gasteiger partial charge in [-0.1, -0.05) is 0 Å². The molecule has 0 bridgehead atoms. The summed E-state index contributed by atoms with van der Waals surface area (Å²) in [5.41, 5.74) is 0. The minimum Gasteiger partial charge on any atom is -1.00 e. The van der Waals surface area contributed by atoms with E-state index in [4.69, 9.17) is 34.1 Å². The number of rotatable bonds is 2. The Hall–Kier alpha value is 2.66. The fourth-order valence-corrected chi connectivity index (χ4v) is 0.544. The Morgan fingerprint density at radius 2 is 0.889 bits per heavy atom. The summed E-state index contributed by atoms with van der Waals surface area (Å²) in [6.07, 6.45) is 0.750. The van der Waals surface area contributed by atoms with Crippen LogP contribution in [0.3, 0.4) is 0 Å². The topological polar surface area (TPSA) is 131 Å². The van der Waals surface area contributed by atoms with E-state index < -0.39 is 13.4 Å². The first kappa shape index (κ1) is 28.8. The summed E-state index contributed by atoms with van der Waals surface area (Å²) < 4.78 is 5.25. The zero-order valence-electron chi connectivity index (χ0n) is 12.0. The smallest absolute Gasteiger partial charge is 1.00 e. The summed E-state index contributed by atoms with van der Waals surface area (Å²) in [6.45, 7) is 0.556. The molecular weight excluding hydrogens is 349 g/mol. The fourth-order valence-electron chi connectivity index (χ4n) is 0.544. The molecule has 0 saturated carbocycles. The van der Waals surface area contributed by atoms with Crippen molar-refractivity contribution in [3.8, 4) is 0 Å². The molecule has 6 N–H and O–H groups in total. The van der Waals surface area contributed by atoms with Gasteiger partial charge in [0.1, 0.15) is 0 Å². The molecule has 0 rings (SSSR count). The Bertz CT molecular complexity index is 228. The molecule has 12 heteroatoms. The fraction of sp³-hybridized carbons (Fsp3) is 1.00. The van der Waals surface area contributed by atoms with Crippen molar-refractivity contribution in [3.05, 3.63) is 0 Å². The molecule has 110 valence electrons. The van der Waals surface area contributed by atoms with Gasteiger partial charge in [-0.05, 0) is 51.3 Å². The second-order valence-corrected chi connectivity index (χ2v) is 8.25. The van der Waals surface area contributed by atoms with Crippen molar-refractivity contribution in [2.45, 2.75) is 39.9 Å². The minimum atomic E-state index is -3.81. The van der Waals surface area contributed by atoms with E-state index >= 15 is 0 Å². The van der Waals surface area contributed by atoms with Crippen LogP contribution in [0.2, 0.25) is 0 Å². The van der Waals surface area contributed by atoms with Crippen molar-refractivity contribution >= 4 is 37.1 Å². The third-order valence-electron chi connectivity index (χ3n) is 0.544. The van der Waals surface area contributed by atoms with Gasteiger partial charge in [0.05, 0.1) is 12.2 Å². The quantitative estimate of drug-likeness (QED) is 0.227. The number of hydrogen-bond acceptors (Lipinski definition) is 3. The molecule has 0 unspecified atom stereocenters. The zero-order chi connectivity index (χ0) is 14.9. The molecule has 0 aromatic rings. The number of hydrogen-bond donors (Lipinski definition) is 6. The molecule has 7 nitrogen and oxygen atoms in total. The summed E-state index contributed by atoms with van der Waals surface area (Å²) in [6, 6.07) is 0. The van der Waals surface area contributed by atoms with Gasteiger partial charge >= 0.3 is 64.8 Å². The SMILES string of the molecule is CC(C)OC(C)C.OP(O)(O)=S.OP(O)(O)=S.[H-].[K+]. The molecule has 0 heterocycles. The van der Waals surface area contributed by atoms with Crippen LogP contribution < -0.4 is 51.4 Å². The van der Waals surface area contributed by atoms with E-state index in [1.807, 2.05) is 27.7 Å². The number of ether oxygens (including phenoxy) is 1. The predicted molar refractivity (Wildman–Crippen MR) is 74.4 cm³/mol. The monoisotopic (exact) mass is 370 g/mol. The van der Waals surface area contributed by atoms with E-state index in [1.54, 1.807) is 0 Å². The molecule has 0 amide bonds. The molecule has 0 aliphatic heterocycles. The molecule has 0 fully saturated rings. The molecule has 0 spiro atoms. The van der Waals surface area contributed by atoms with Gasteiger partial charge in [0.2, 0.25) is 0 Å². The van der Waals surface area contributed by atoms with Gasteiger partial charge < -0.3 is 35.5 Å². The Kier molecular flexibility index (Phi) is 23.3. The third-order valence-corrected chi connectivity index (χ3v) is 0.544. The predicted octanol–water partition coefficient (Wildman–Crippen LogP) is -2.69. The van der Waals surface area contributed by atoms with E-state index in [9.17, 15) is 0 Å². The summed E-state index contributed by atoms with van der Waals surface area (Å²) in [5, 5.41) is 0. The Labute approximate surface area is 162 Å². The van der Waals surface area contributed by atoms with Gasteiger partial charge in [0.25, 0.3) is 0 Å². The first-order valence-electron chi connectivity index (χ1n) is 4.35. The molecule has 0 aromatic carbocycles. The molecule has 18 heavy (non-hydrogen) atoms. The van der Waals surface area contributed by atoms with E-state index in [2.05, 4.69) is 23.6 Å². The second-order valence-electron chi connectivity index (χ2n) is 3.26. The van der Waals surface area contributed by atoms with Gasteiger partial charge in [-0.25, -0.2) is 0 Å². The average Bonchev–Trinajstić information content (AvgIpc) is 1.71. The maximum Gasteiger partial charge on any atom is 1.00 e. The average molecular weight is 370 g/mol. The van der Waals surface area contributed by atoms with Crippen LogP contribution in [0.25, 0.3) is 0 Å². The van der Waals surface area contributed by atoms with Crippen molar-refractivity contribution in [1.82, 2.24) is 0 Å². The van der Waals surface area contributed by atoms with Crippen LogP contribution in [0.4, 0.5) is 0 Å². The standard InChI is InChI=1S/C6H14O.K.2H3O3PS.H/c1-5(2)7-6(3)4;;2*1-4(2,3)5;/h5-6H,1-4H3;;2*(H3,1,2,3,5);/q;+1;;;-1. The van der Waals surface area contributed by atoms with Crippen LogP contribution in [0.1, 0.15) is 29.1 Å². The van der Waals surface area contributed by atoms with Gasteiger partial charge in [-0.2, -0.15) is 0 Å². The molecule has 0 radical (unpaired) electrons. The van der Waals surface area contributed by atoms with Crippen LogP contribution in [0, 0.1) is 0 Å². The van der Waals surface area contributed by atoms with E-state index in [0.29, 0.717) is 12.2 Å². The first-order valence-corrected chi connectivity index (χ1v) is 9.67. The first-order chi connectivity index (χ1) is 7.13. The maximum atomic E-state index is 7.56. The summed E-state index contributed by atoms with van der Waals surface area (Å²) in [4.78, 5) is 45.3. The van der Waals surface area contributed by atoms with Crippen molar-refractivity contribution in [2.75, 3.05) is 0 Å². The summed E-state index contributed by atoms with van der Waals surface area (Å²) >= 11 is 7.21. The van der Waals surface area contributed by atoms with E-state index in [-0.39, 0.29) is 52.8 Å². The minimum absolute atomic E-state index is 0. The third kappa shape index (κ3) is 131. The van der Waals surface area contributed by atoms with Gasteiger partial charge in [0.15, 0.2) is 0 Å². The molecule has 0 saturated heterocycles. The largest absolute Gasteiger partial charge is 1.00 e. The van der Waals surface area contributed by atoms with E-state index in [0.717, 1.165) is 0 Å². The van der Waals surface area contributed by atoms with E-state index in [1.165, 1.54) is 0 Å². The normalized spacial score (nSPS) is 10.9. The van der Waals surface area contributed by atoms with Crippen molar-refractivity contribution in [2.24, 2.45) is 0 Å². The van der Waals surface area contributed by atoms with Crippen LogP contribution in [0.5, 0.6) is 0 Å². The van der Waals surface area contributed by atoms with Crippen molar-refractivity contribution < 1.29 is 86.9 Å². The maximum absolute atomic E-state index is 7.56. The molecular formula is C6H21KO7P2S2. The van der Waals surface area contributed by atoms with Crippen LogP contribution in [0.15, 0.2) is 0 Å². The molecule has 0 aliphatic carbocycles. The van der Waals surface area contributed by atoms with Gasteiger partial charge in [-0.3, -0.25) is 0 Å². The van der Waals surface area contributed by atoms with Crippen LogP contribution >= 0.6 is 13.4 Å². The molecule has 0 aliphatic rings. The molecule has 0 aromatic heterocycles.